The molecule has 2 nitrogen and oxygen atoms in total. The molecular weight excluding hydrogens is 412 g/mol. The Kier molecular flexibility index (Phi) is 5.12. The van der Waals surface area contributed by atoms with Crippen LogP contribution in [0.3, 0.4) is 0 Å². The molecule has 0 amide bonds. The van der Waals surface area contributed by atoms with Crippen molar-refractivity contribution < 1.29 is 0 Å². The monoisotopic (exact) mass is 438 g/mol. The van der Waals surface area contributed by atoms with E-state index in [1.165, 1.54) is 44.8 Å². The number of aromatic nitrogens is 1. The Bertz CT molecular complexity index is 1490. The van der Waals surface area contributed by atoms with Crippen molar-refractivity contribution >= 4 is 22.7 Å². The summed E-state index contributed by atoms with van der Waals surface area (Å²) in [4.78, 5) is 2.39. The third kappa shape index (κ3) is 3.45. The summed E-state index contributed by atoms with van der Waals surface area (Å²) >= 11 is 0. The van der Waals surface area contributed by atoms with E-state index in [4.69, 9.17) is 0 Å². The molecule has 1 aromatic heterocycles. The molecule has 2 aliphatic rings. The van der Waals surface area contributed by atoms with Crippen LogP contribution in [0.1, 0.15) is 12.5 Å². The van der Waals surface area contributed by atoms with E-state index in [-0.39, 0.29) is 5.92 Å². The Balaban J connectivity index is 1.45. The number of fused-ring (bicyclic) bond motifs is 2. The molecule has 1 aliphatic carbocycles. The Morgan fingerprint density at radius 3 is 2.21 bits per heavy atom. The SMILES string of the molecule is CC1=C(/C=C\c2cn(-c3ccccc3)c3ccccc23)C2C=CC=CC=C2N1c1ccccc1. The quantitative estimate of drug-likeness (QED) is 0.313. The van der Waals surface area contributed by atoms with E-state index in [0.717, 1.165) is 0 Å². The van der Waals surface area contributed by atoms with Crippen molar-refractivity contribution in [2.24, 2.45) is 5.92 Å². The first kappa shape index (κ1) is 20.3. The molecule has 2 heteroatoms. The predicted molar refractivity (Wildman–Crippen MR) is 144 cm³/mol. The van der Waals surface area contributed by atoms with Crippen LogP contribution in [0, 0.1) is 5.92 Å². The molecule has 1 atom stereocenters. The molecule has 0 saturated carbocycles. The summed E-state index contributed by atoms with van der Waals surface area (Å²) in [6, 6.07) is 29.8. The van der Waals surface area contributed by atoms with Gasteiger partial charge in [0, 0.05) is 45.8 Å². The lowest BCUT2D eigenvalue weighted by Crippen LogP contribution is -2.17. The molecule has 1 aliphatic heterocycles. The van der Waals surface area contributed by atoms with Crippen LogP contribution < -0.4 is 4.90 Å². The van der Waals surface area contributed by atoms with Crippen LogP contribution in [-0.2, 0) is 0 Å². The second kappa shape index (κ2) is 8.57. The third-order valence-corrected chi connectivity index (χ3v) is 6.69. The fraction of sp³-hybridized carbons (Fsp3) is 0.0625. The van der Waals surface area contributed by atoms with Gasteiger partial charge in [-0.3, -0.25) is 0 Å². The van der Waals surface area contributed by atoms with Gasteiger partial charge in [-0.1, -0.05) is 91.1 Å². The van der Waals surface area contributed by atoms with Gasteiger partial charge in [-0.05, 0) is 48.9 Å². The van der Waals surface area contributed by atoms with Crippen LogP contribution >= 0.6 is 0 Å². The van der Waals surface area contributed by atoms with E-state index in [2.05, 4.69) is 150 Å². The van der Waals surface area contributed by atoms with Crippen LogP contribution in [0.25, 0.3) is 22.7 Å². The number of allylic oxidation sites excluding steroid dienone is 7. The minimum atomic E-state index is 0.230. The second-order valence-corrected chi connectivity index (χ2v) is 8.69. The van der Waals surface area contributed by atoms with E-state index in [1.807, 2.05) is 0 Å². The minimum Gasteiger partial charge on any atom is -0.317 e. The van der Waals surface area contributed by atoms with Gasteiger partial charge in [0.2, 0.25) is 0 Å². The maximum absolute atomic E-state index is 2.39. The number of rotatable bonds is 4. The number of hydrogen-bond donors (Lipinski definition) is 0. The molecule has 2 heterocycles. The van der Waals surface area contributed by atoms with Gasteiger partial charge in [0.05, 0.1) is 5.52 Å². The van der Waals surface area contributed by atoms with Gasteiger partial charge in [-0.25, -0.2) is 0 Å². The van der Waals surface area contributed by atoms with E-state index < -0.39 is 0 Å². The van der Waals surface area contributed by atoms with Crippen molar-refractivity contribution in [3.05, 3.63) is 150 Å². The Morgan fingerprint density at radius 2 is 1.41 bits per heavy atom. The summed E-state index contributed by atoms with van der Waals surface area (Å²) < 4.78 is 2.28. The molecule has 4 aromatic rings. The lowest BCUT2D eigenvalue weighted by atomic mass is 9.96. The van der Waals surface area contributed by atoms with E-state index in [1.54, 1.807) is 0 Å². The van der Waals surface area contributed by atoms with Crippen LogP contribution in [0.4, 0.5) is 5.69 Å². The van der Waals surface area contributed by atoms with Gasteiger partial charge in [0.1, 0.15) is 0 Å². The fourth-order valence-electron chi connectivity index (χ4n) is 5.08. The summed E-state index contributed by atoms with van der Waals surface area (Å²) in [5, 5.41) is 1.26. The standard InChI is InChI=1S/C32H26N2/c1-24-28(30-18-9-4-10-20-32(30)34(24)27-15-7-3-8-16-27)22-21-25-23-33(26-13-5-2-6-14-26)31-19-12-11-17-29(25)31/h2-23,30H,1H3/b22-21-. The molecule has 34 heavy (non-hydrogen) atoms. The highest BCUT2D eigenvalue weighted by Crippen LogP contribution is 2.43. The van der Waals surface area contributed by atoms with Crippen molar-refractivity contribution in [1.82, 2.24) is 4.57 Å². The molecule has 0 bridgehead atoms. The zero-order chi connectivity index (χ0) is 22.9. The number of para-hydroxylation sites is 3. The minimum absolute atomic E-state index is 0.230. The van der Waals surface area contributed by atoms with Crippen molar-refractivity contribution in [3.63, 3.8) is 0 Å². The smallest absolute Gasteiger partial charge is 0.0534 e. The first-order chi connectivity index (χ1) is 16.8. The highest BCUT2D eigenvalue weighted by molar-refractivity contribution is 5.91. The Labute approximate surface area is 200 Å². The highest BCUT2D eigenvalue weighted by Gasteiger charge is 2.32. The number of hydrogen-bond acceptors (Lipinski definition) is 1. The number of anilines is 1. The predicted octanol–water partition coefficient (Wildman–Crippen LogP) is 8.06. The van der Waals surface area contributed by atoms with Gasteiger partial charge >= 0.3 is 0 Å². The summed E-state index contributed by atoms with van der Waals surface area (Å²) in [6.07, 6.45) is 17.8. The fourth-order valence-corrected chi connectivity index (χ4v) is 5.08. The van der Waals surface area contributed by atoms with Gasteiger partial charge in [-0.15, -0.1) is 0 Å². The molecule has 0 radical (unpaired) electrons. The van der Waals surface area contributed by atoms with Crippen molar-refractivity contribution in [3.8, 4) is 5.69 Å². The van der Waals surface area contributed by atoms with Gasteiger partial charge in [0.15, 0.2) is 0 Å². The summed E-state index contributed by atoms with van der Waals surface area (Å²) in [6.45, 7) is 2.23. The Morgan fingerprint density at radius 1 is 0.706 bits per heavy atom. The van der Waals surface area contributed by atoms with Crippen molar-refractivity contribution in [1.29, 1.82) is 0 Å². The highest BCUT2D eigenvalue weighted by atomic mass is 15.2. The maximum Gasteiger partial charge on any atom is 0.0534 e. The molecule has 0 N–H and O–H groups in total. The molecule has 0 saturated heterocycles. The molecule has 164 valence electrons. The zero-order valence-corrected chi connectivity index (χ0v) is 19.2. The van der Waals surface area contributed by atoms with Gasteiger partial charge in [-0.2, -0.15) is 0 Å². The molecule has 3 aromatic carbocycles. The first-order valence-electron chi connectivity index (χ1n) is 11.8. The second-order valence-electron chi connectivity index (χ2n) is 8.69. The van der Waals surface area contributed by atoms with Crippen molar-refractivity contribution in [2.75, 3.05) is 4.90 Å². The molecule has 0 fully saturated rings. The number of benzene rings is 3. The lowest BCUT2D eigenvalue weighted by Gasteiger charge is -2.23. The van der Waals surface area contributed by atoms with E-state index >= 15 is 0 Å². The molecule has 1 unspecified atom stereocenters. The van der Waals surface area contributed by atoms with Crippen molar-refractivity contribution in [2.45, 2.75) is 6.92 Å². The molecular formula is C32H26N2. The summed E-state index contributed by atoms with van der Waals surface area (Å²) in [5.41, 5.74) is 8.70. The first-order valence-corrected chi connectivity index (χ1v) is 11.8. The van der Waals surface area contributed by atoms with Crippen LogP contribution in [0.5, 0.6) is 0 Å². The average molecular weight is 439 g/mol. The number of nitrogens with zero attached hydrogens (tertiary/aromatic N) is 2. The van der Waals surface area contributed by atoms with E-state index in [0.29, 0.717) is 0 Å². The van der Waals surface area contributed by atoms with Gasteiger partial charge < -0.3 is 9.47 Å². The zero-order valence-electron chi connectivity index (χ0n) is 19.2. The maximum atomic E-state index is 2.39. The average Bonchev–Trinajstić information content (AvgIpc) is 3.27. The molecule has 6 rings (SSSR count). The normalized spacial score (nSPS) is 17.5. The van der Waals surface area contributed by atoms with Crippen LogP contribution in [0.15, 0.2) is 145 Å². The third-order valence-electron chi connectivity index (χ3n) is 6.69. The summed E-state index contributed by atoms with van der Waals surface area (Å²) in [7, 11) is 0. The van der Waals surface area contributed by atoms with E-state index in [9.17, 15) is 0 Å². The Hall–Kier alpha value is -4.30. The summed E-state index contributed by atoms with van der Waals surface area (Å²) in [5.74, 6) is 0.230. The van der Waals surface area contributed by atoms with Crippen LogP contribution in [-0.4, -0.2) is 4.57 Å². The molecule has 0 spiro atoms. The largest absolute Gasteiger partial charge is 0.317 e. The lowest BCUT2D eigenvalue weighted by molar-refractivity contribution is 0.940. The van der Waals surface area contributed by atoms with Gasteiger partial charge in [0.25, 0.3) is 0 Å². The topological polar surface area (TPSA) is 8.17 Å². The van der Waals surface area contributed by atoms with Crippen LogP contribution in [0.2, 0.25) is 0 Å².